The van der Waals surface area contributed by atoms with E-state index in [4.69, 9.17) is 4.74 Å². The molecule has 0 aliphatic heterocycles. The molecule has 1 aliphatic rings. The topological polar surface area (TPSA) is 26.3 Å². The van der Waals surface area contributed by atoms with Crippen molar-refractivity contribution >= 4 is 15.2 Å². The standard InChI is InChI=1S/C12H23O2P/c1-4-11(3,15)10(13)14-12(5-2)8-6-7-9-12/h4-9,15H2,1-3H3. The van der Waals surface area contributed by atoms with Crippen molar-refractivity contribution in [3.8, 4) is 0 Å². The second-order valence-electron chi connectivity index (χ2n) is 4.90. The van der Waals surface area contributed by atoms with Gasteiger partial charge < -0.3 is 4.74 Å². The molecule has 1 aliphatic carbocycles. The highest BCUT2D eigenvalue weighted by Crippen LogP contribution is 2.38. The van der Waals surface area contributed by atoms with E-state index in [-0.39, 0.29) is 11.6 Å². The van der Waals surface area contributed by atoms with Crippen molar-refractivity contribution in [2.45, 2.75) is 70.1 Å². The maximum atomic E-state index is 12.0. The third kappa shape index (κ3) is 2.93. The van der Waals surface area contributed by atoms with E-state index in [2.05, 4.69) is 16.2 Å². The molecule has 0 bridgehead atoms. The van der Waals surface area contributed by atoms with Gasteiger partial charge in [0, 0.05) is 0 Å². The van der Waals surface area contributed by atoms with Crippen molar-refractivity contribution in [1.29, 1.82) is 0 Å². The summed E-state index contributed by atoms with van der Waals surface area (Å²) in [6, 6.07) is 0. The van der Waals surface area contributed by atoms with Crippen molar-refractivity contribution in [2.24, 2.45) is 0 Å². The van der Waals surface area contributed by atoms with Crippen LogP contribution in [-0.4, -0.2) is 16.7 Å². The average molecular weight is 230 g/mol. The van der Waals surface area contributed by atoms with Gasteiger partial charge in [0.25, 0.3) is 0 Å². The summed E-state index contributed by atoms with van der Waals surface area (Å²) in [5.41, 5.74) is -0.149. The molecule has 0 saturated heterocycles. The summed E-state index contributed by atoms with van der Waals surface area (Å²) < 4.78 is 5.74. The third-order valence-electron chi connectivity index (χ3n) is 3.67. The van der Waals surface area contributed by atoms with Crippen LogP contribution < -0.4 is 0 Å². The summed E-state index contributed by atoms with van der Waals surface area (Å²) in [6.45, 7) is 6.06. The first-order chi connectivity index (χ1) is 6.96. The van der Waals surface area contributed by atoms with Gasteiger partial charge in [0.1, 0.15) is 5.60 Å². The number of hydrogen-bond acceptors (Lipinski definition) is 2. The van der Waals surface area contributed by atoms with E-state index in [0.717, 1.165) is 25.7 Å². The van der Waals surface area contributed by atoms with Gasteiger partial charge in [-0.3, -0.25) is 4.79 Å². The molecule has 15 heavy (non-hydrogen) atoms. The summed E-state index contributed by atoms with van der Waals surface area (Å²) in [6.07, 6.45) is 6.22. The van der Waals surface area contributed by atoms with Gasteiger partial charge in [0.05, 0.1) is 5.16 Å². The van der Waals surface area contributed by atoms with Crippen LogP contribution in [0.2, 0.25) is 0 Å². The largest absolute Gasteiger partial charge is 0.458 e. The number of carbonyl (C=O) groups excluding carboxylic acids is 1. The SMILES string of the molecule is CCC1(OC(=O)C(C)(P)CC)CCCC1. The lowest BCUT2D eigenvalue weighted by molar-refractivity contribution is -0.162. The first-order valence-corrected chi connectivity index (χ1v) is 6.56. The second-order valence-corrected chi connectivity index (χ2v) is 6.18. The predicted octanol–water partition coefficient (Wildman–Crippen LogP) is 3.30. The summed E-state index contributed by atoms with van der Waals surface area (Å²) in [7, 11) is 2.62. The van der Waals surface area contributed by atoms with E-state index >= 15 is 0 Å². The summed E-state index contributed by atoms with van der Waals surface area (Å²) in [5.74, 6) is -0.0567. The molecule has 0 aromatic rings. The highest BCUT2D eigenvalue weighted by Gasteiger charge is 2.39. The minimum Gasteiger partial charge on any atom is -0.458 e. The van der Waals surface area contributed by atoms with Crippen molar-refractivity contribution in [3.05, 3.63) is 0 Å². The fourth-order valence-corrected chi connectivity index (χ4v) is 2.06. The van der Waals surface area contributed by atoms with Gasteiger partial charge in [0.15, 0.2) is 0 Å². The van der Waals surface area contributed by atoms with Crippen LogP contribution in [0.5, 0.6) is 0 Å². The zero-order chi connectivity index (χ0) is 11.5. The van der Waals surface area contributed by atoms with Crippen molar-refractivity contribution in [3.63, 3.8) is 0 Å². The summed E-state index contributed by atoms with van der Waals surface area (Å²) >= 11 is 0. The summed E-state index contributed by atoms with van der Waals surface area (Å²) in [4.78, 5) is 12.0. The molecule has 0 radical (unpaired) electrons. The molecular weight excluding hydrogens is 207 g/mol. The Hall–Kier alpha value is -0.100. The van der Waals surface area contributed by atoms with Gasteiger partial charge in [-0.15, -0.1) is 9.24 Å². The average Bonchev–Trinajstić information content (AvgIpc) is 2.67. The number of esters is 1. The van der Waals surface area contributed by atoms with E-state index in [9.17, 15) is 4.79 Å². The Morgan fingerprint density at radius 2 is 1.93 bits per heavy atom. The molecule has 0 N–H and O–H groups in total. The molecule has 0 aromatic heterocycles. The molecule has 0 amide bonds. The number of rotatable bonds is 4. The Balaban J connectivity index is 2.63. The molecule has 2 atom stereocenters. The van der Waals surface area contributed by atoms with Crippen molar-refractivity contribution in [1.82, 2.24) is 0 Å². The maximum absolute atomic E-state index is 12.0. The lowest BCUT2D eigenvalue weighted by Crippen LogP contribution is -2.39. The smallest absolute Gasteiger partial charge is 0.316 e. The van der Waals surface area contributed by atoms with Crippen LogP contribution in [0.1, 0.15) is 59.3 Å². The molecule has 0 spiro atoms. The molecule has 0 heterocycles. The Morgan fingerprint density at radius 1 is 1.40 bits per heavy atom. The Morgan fingerprint density at radius 3 is 2.33 bits per heavy atom. The molecule has 1 rings (SSSR count). The van der Waals surface area contributed by atoms with Gasteiger partial charge in [-0.1, -0.05) is 13.8 Å². The zero-order valence-corrected chi connectivity index (χ0v) is 11.3. The summed E-state index contributed by atoms with van der Waals surface area (Å²) in [5, 5.41) is -0.412. The first kappa shape index (κ1) is 13.0. The Bertz CT molecular complexity index is 230. The number of hydrogen-bond donors (Lipinski definition) is 0. The van der Waals surface area contributed by atoms with Crippen LogP contribution in [0.25, 0.3) is 0 Å². The number of carbonyl (C=O) groups is 1. The minimum atomic E-state index is -0.412. The molecule has 2 nitrogen and oxygen atoms in total. The Kier molecular flexibility index (Phi) is 4.17. The molecule has 3 heteroatoms. The minimum absolute atomic E-state index is 0.0567. The second kappa shape index (κ2) is 4.82. The van der Waals surface area contributed by atoms with E-state index in [1.165, 1.54) is 12.8 Å². The van der Waals surface area contributed by atoms with Crippen LogP contribution >= 0.6 is 9.24 Å². The molecule has 2 unspecified atom stereocenters. The van der Waals surface area contributed by atoms with E-state index in [1.54, 1.807) is 0 Å². The predicted molar refractivity (Wildman–Crippen MR) is 66.0 cm³/mol. The normalized spacial score (nSPS) is 23.5. The van der Waals surface area contributed by atoms with Crippen LogP contribution in [0, 0.1) is 0 Å². The highest BCUT2D eigenvalue weighted by molar-refractivity contribution is 7.20. The monoisotopic (exact) mass is 230 g/mol. The molecule has 1 fully saturated rings. The lowest BCUT2D eigenvalue weighted by atomic mass is 9.98. The third-order valence-corrected chi connectivity index (χ3v) is 4.31. The maximum Gasteiger partial charge on any atom is 0.316 e. The highest BCUT2D eigenvalue weighted by atomic mass is 31.0. The van der Waals surface area contributed by atoms with Gasteiger partial charge in [-0.05, 0) is 45.4 Å². The van der Waals surface area contributed by atoms with E-state index < -0.39 is 5.16 Å². The molecule has 1 saturated carbocycles. The van der Waals surface area contributed by atoms with E-state index in [1.807, 2.05) is 13.8 Å². The van der Waals surface area contributed by atoms with Gasteiger partial charge in [-0.2, -0.15) is 0 Å². The number of ether oxygens (including phenoxy) is 1. The molecule has 0 aromatic carbocycles. The first-order valence-electron chi connectivity index (χ1n) is 5.98. The fourth-order valence-electron chi connectivity index (χ4n) is 2.00. The molecular formula is C12H23O2P. The lowest BCUT2D eigenvalue weighted by Gasteiger charge is -2.32. The van der Waals surface area contributed by atoms with Crippen LogP contribution in [0.15, 0.2) is 0 Å². The van der Waals surface area contributed by atoms with Gasteiger partial charge >= 0.3 is 5.97 Å². The van der Waals surface area contributed by atoms with Gasteiger partial charge in [-0.25, -0.2) is 0 Å². The zero-order valence-electron chi connectivity index (χ0n) is 10.1. The van der Waals surface area contributed by atoms with Crippen LogP contribution in [0.4, 0.5) is 0 Å². The van der Waals surface area contributed by atoms with Crippen LogP contribution in [0.3, 0.4) is 0 Å². The van der Waals surface area contributed by atoms with E-state index in [0.29, 0.717) is 0 Å². The van der Waals surface area contributed by atoms with Crippen LogP contribution in [-0.2, 0) is 9.53 Å². The fraction of sp³-hybridized carbons (Fsp3) is 0.917. The quantitative estimate of drug-likeness (QED) is 0.547. The Labute approximate surface area is 95.4 Å². The van der Waals surface area contributed by atoms with Crippen molar-refractivity contribution in [2.75, 3.05) is 0 Å². The molecule has 88 valence electrons. The van der Waals surface area contributed by atoms with Gasteiger partial charge in [0.2, 0.25) is 0 Å². The van der Waals surface area contributed by atoms with Crippen molar-refractivity contribution < 1.29 is 9.53 Å².